The zero-order valence-corrected chi connectivity index (χ0v) is 10.6. The van der Waals surface area contributed by atoms with Crippen molar-refractivity contribution in [2.24, 2.45) is 5.73 Å². The zero-order valence-electron chi connectivity index (χ0n) is 10.6. The fourth-order valence-electron chi connectivity index (χ4n) is 1.37. The lowest BCUT2D eigenvalue weighted by molar-refractivity contribution is -0.129. The Labute approximate surface area is 102 Å². The number of hydrogen-bond donors (Lipinski definition) is 1. The maximum absolute atomic E-state index is 11.3. The lowest BCUT2D eigenvalue weighted by Crippen LogP contribution is -2.23. The molecule has 4 heteroatoms. The molecule has 0 aliphatic heterocycles. The Morgan fingerprint density at radius 1 is 1.47 bits per heavy atom. The van der Waals surface area contributed by atoms with E-state index in [9.17, 15) is 4.79 Å². The summed E-state index contributed by atoms with van der Waals surface area (Å²) in [7, 11) is 3.47. The quantitative estimate of drug-likeness (QED) is 0.844. The molecule has 0 spiro atoms. The fourth-order valence-corrected chi connectivity index (χ4v) is 1.37. The van der Waals surface area contributed by atoms with E-state index in [2.05, 4.69) is 0 Å². The van der Waals surface area contributed by atoms with Crippen molar-refractivity contribution in [3.05, 3.63) is 29.8 Å². The highest BCUT2D eigenvalue weighted by Crippen LogP contribution is 2.17. The first-order valence-corrected chi connectivity index (χ1v) is 5.69. The van der Waals surface area contributed by atoms with Gasteiger partial charge in [-0.15, -0.1) is 0 Å². The summed E-state index contributed by atoms with van der Waals surface area (Å²) in [6, 6.07) is 7.63. The number of amides is 1. The number of hydrogen-bond acceptors (Lipinski definition) is 3. The Balaban J connectivity index is 2.47. The Hall–Kier alpha value is -1.55. The molecule has 0 aromatic heterocycles. The summed E-state index contributed by atoms with van der Waals surface area (Å²) in [5, 5.41) is 0. The number of benzene rings is 1. The second kappa shape index (κ2) is 6.25. The predicted octanol–water partition coefficient (Wildman–Crippen LogP) is 1.56. The van der Waals surface area contributed by atoms with Crippen LogP contribution in [0.1, 0.15) is 24.9 Å². The van der Waals surface area contributed by atoms with Crippen molar-refractivity contribution < 1.29 is 9.53 Å². The molecule has 1 aromatic rings. The van der Waals surface area contributed by atoms with Gasteiger partial charge in [0.2, 0.25) is 5.91 Å². The standard InChI is InChI=1S/C13H20N2O2/c1-10(14)11-5-4-6-12(9-11)17-8-7-13(16)15(2)3/h4-6,9-10H,7-8,14H2,1-3H3/t10-/m0/s1. The molecule has 0 saturated carbocycles. The summed E-state index contributed by atoms with van der Waals surface area (Å²) in [6.45, 7) is 2.31. The lowest BCUT2D eigenvalue weighted by Gasteiger charge is -2.12. The van der Waals surface area contributed by atoms with Crippen LogP contribution in [0.25, 0.3) is 0 Å². The highest BCUT2D eigenvalue weighted by molar-refractivity contribution is 5.75. The Kier molecular flexibility index (Phi) is 4.97. The molecule has 1 atom stereocenters. The van der Waals surface area contributed by atoms with Crippen molar-refractivity contribution in [3.63, 3.8) is 0 Å². The number of rotatable bonds is 5. The van der Waals surface area contributed by atoms with Crippen molar-refractivity contribution >= 4 is 5.91 Å². The van der Waals surface area contributed by atoms with Crippen LogP contribution in [-0.4, -0.2) is 31.5 Å². The second-order valence-electron chi connectivity index (χ2n) is 4.25. The molecule has 0 fully saturated rings. The molecule has 1 rings (SSSR count). The van der Waals surface area contributed by atoms with E-state index in [4.69, 9.17) is 10.5 Å². The number of carbonyl (C=O) groups excluding carboxylic acids is 1. The Morgan fingerprint density at radius 3 is 2.76 bits per heavy atom. The van der Waals surface area contributed by atoms with E-state index in [-0.39, 0.29) is 11.9 Å². The first-order chi connectivity index (χ1) is 8.00. The average Bonchev–Trinajstić information content (AvgIpc) is 2.29. The van der Waals surface area contributed by atoms with Gasteiger partial charge in [0, 0.05) is 20.1 Å². The van der Waals surface area contributed by atoms with Gasteiger partial charge in [-0.1, -0.05) is 12.1 Å². The first kappa shape index (κ1) is 13.5. The molecule has 17 heavy (non-hydrogen) atoms. The summed E-state index contributed by atoms with van der Waals surface area (Å²) in [5.74, 6) is 0.819. The molecule has 0 bridgehead atoms. The molecule has 0 unspecified atom stereocenters. The molecular formula is C13H20N2O2. The SMILES string of the molecule is C[C@H](N)c1cccc(OCCC(=O)N(C)C)c1. The Bertz CT molecular complexity index is 375. The van der Waals surface area contributed by atoms with E-state index < -0.39 is 0 Å². The van der Waals surface area contributed by atoms with E-state index in [0.717, 1.165) is 11.3 Å². The summed E-state index contributed by atoms with van der Waals surface area (Å²) in [6.07, 6.45) is 0.384. The van der Waals surface area contributed by atoms with E-state index in [1.807, 2.05) is 31.2 Å². The monoisotopic (exact) mass is 236 g/mol. The van der Waals surface area contributed by atoms with Crippen LogP contribution >= 0.6 is 0 Å². The highest BCUT2D eigenvalue weighted by Gasteiger charge is 2.05. The first-order valence-electron chi connectivity index (χ1n) is 5.69. The minimum absolute atomic E-state index is 0.0121. The third-order valence-electron chi connectivity index (χ3n) is 2.47. The molecule has 0 aliphatic carbocycles. The van der Waals surface area contributed by atoms with Gasteiger partial charge >= 0.3 is 0 Å². The van der Waals surface area contributed by atoms with Crippen LogP contribution < -0.4 is 10.5 Å². The van der Waals surface area contributed by atoms with Crippen LogP contribution in [0.3, 0.4) is 0 Å². The van der Waals surface area contributed by atoms with Gasteiger partial charge in [-0.05, 0) is 24.6 Å². The molecule has 0 saturated heterocycles. The minimum Gasteiger partial charge on any atom is -0.493 e. The third kappa shape index (κ3) is 4.44. The van der Waals surface area contributed by atoms with E-state index in [0.29, 0.717) is 13.0 Å². The molecule has 94 valence electrons. The van der Waals surface area contributed by atoms with Crippen LogP contribution in [0.4, 0.5) is 0 Å². The van der Waals surface area contributed by atoms with E-state index >= 15 is 0 Å². The van der Waals surface area contributed by atoms with Crippen molar-refractivity contribution in [1.82, 2.24) is 4.90 Å². The largest absolute Gasteiger partial charge is 0.493 e. The number of nitrogens with zero attached hydrogens (tertiary/aromatic N) is 1. The van der Waals surface area contributed by atoms with Gasteiger partial charge in [-0.2, -0.15) is 0 Å². The molecule has 0 aliphatic rings. The number of carbonyl (C=O) groups is 1. The van der Waals surface area contributed by atoms with E-state index in [1.165, 1.54) is 0 Å². The van der Waals surface area contributed by atoms with Crippen LogP contribution in [0, 0.1) is 0 Å². The van der Waals surface area contributed by atoms with Gasteiger partial charge in [0.25, 0.3) is 0 Å². The van der Waals surface area contributed by atoms with Crippen LogP contribution in [0.2, 0.25) is 0 Å². The minimum atomic E-state index is -0.0121. The molecule has 1 aromatic carbocycles. The maximum atomic E-state index is 11.3. The van der Waals surface area contributed by atoms with Crippen LogP contribution in [-0.2, 0) is 4.79 Å². The molecule has 1 amide bonds. The topological polar surface area (TPSA) is 55.6 Å². The Morgan fingerprint density at radius 2 is 2.18 bits per heavy atom. The second-order valence-corrected chi connectivity index (χ2v) is 4.25. The summed E-state index contributed by atoms with van der Waals surface area (Å²) in [5.41, 5.74) is 6.81. The van der Waals surface area contributed by atoms with Gasteiger partial charge in [-0.25, -0.2) is 0 Å². The van der Waals surface area contributed by atoms with Crippen LogP contribution in [0.5, 0.6) is 5.75 Å². The smallest absolute Gasteiger partial charge is 0.225 e. The molecule has 0 heterocycles. The average molecular weight is 236 g/mol. The summed E-state index contributed by atoms with van der Waals surface area (Å²) < 4.78 is 5.51. The van der Waals surface area contributed by atoms with Crippen molar-refractivity contribution in [2.75, 3.05) is 20.7 Å². The van der Waals surface area contributed by atoms with Crippen LogP contribution in [0.15, 0.2) is 24.3 Å². The summed E-state index contributed by atoms with van der Waals surface area (Å²) in [4.78, 5) is 12.9. The van der Waals surface area contributed by atoms with Crippen molar-refractivity contribution in [1.29, 1.82) is 0 Å². The molecular weight excluding hydrogens is 216 g/mol. The number of nitrogens with two attached hydrogens (primary N) is 1. The fraction of sp³-hybridized carbons (Fsp3) is 0.462. The summed E-state index contributed by atoms with van der Waals surface area (Å²) >= 11 is 0. The van der Waals surface area contributed by atoms with Gasteiger partial charge in [0.1, 0.15) is 5.75 Å². The molecule has 2 N–H and O–H groups in total. The van der Waals surface area contributed by atoms with E-state index in [1.54, 1.807) is 19.0 Å². The van der Waals surface area contributed by atoms with Crippen molar-refractivity contribution in [2.45, 2.75) is 19.4 Å². The third-order valence-corrected chi connectivity index (χ3v) is 2.47. The normalized spacial score (nSPS) is 12.0. The van der Waals surface area contributed by atoms with Gasteiger partial charge in [-0.3, -0.25) is 4.79 Å². The maximum Gasteiger partial charge on any atom is 0.225 e. The lowest BCUT2D eigenvalue weighted by atomic mass is 10.1. The van der Waals surface area contributed by atoms with Gasteiger partial charge in [0.05, 0.1) is 13.0 Å². The molecule has 0 radical (unpaired) electrons. The highest BCUT2D eigenvalue weighted by atomic mass is 16.5. The molecule has 4 nitrogen and oxygen atoms in total. The zero-order chi connectivity index (χ0) is 12.8. The van der Waals surface area contributed by atoms with Crippen molar-refractivity contribution in [3.8, 4) is 5.75 Å². The van der Waals surface area contributed by atoms with Gasteiger partial charge in [0.15, 0.2) is 0 Å². The predicted molar refractivity (Wildman–Crippen MR) is 67.9 cm³/mol. The van der Waals surface area contributed by atoms with Gasteiger partial charge < -0.3 is 15.4 Å². The number of ether oxygens (including phenoxy) is 1.